The van der Waals surface area contributed by atoms with Crippen LogP contribution < -0.4 is 0 Å². The quantitative estimate of drug-likeness (QED) is 0.853. The van der Waals surface area contributed by atoms with Crippen molar-refractivity contribution in [2.24, 2.45) is 0 Å². The van der Waals surface area contributed by atoms with Gasteiger partial charge in [0.25, 0.3) is 5.91 Å². The number of benzene rings is 1. The zero-order valence-electron chi connectivity index (χ0n) is 11.2. The minimum Gasteiger partial charge on any atom is -0.336 e. The molecule has 1 atom stereocenters. The van der Waals surface area contributed by atoms with E-state index in [1.54, 1.807) is 24.5 Å². The Labute approximate surface area is 132 Å². The van der Waals surface area contributed by atoms with Crippen molar-refractivity contribution < 1.29 is 4.79 Å². The highest BCUT2D eigenvalue weighted by Crippen LogP contribution is 2.25. The summed E-state index contributed by atoms with van der Waals surface area (Å²) in [6.07, 6.45) is 5.14. The molecule has 0 unspecified atom stereocenters. The van der Waals surface area contributed by atoms with E-state index >= 15 is 0 Å². The first-order chi connectivity index (χ1) is 10.1. The van der Waals surface area contributed by atoms with E-state index in [1.807, 2.05) is 9.58 Å². The second-order valence-electron chi connectivity index (χ2n) is 5.05. The average molecular weight is 325 g/mol. The van der Waals surface area contributed by atoms with Gasteiger partial charge in [0.2, 0.25) is 0 Å². The maximum atomic E-state index is 12.6. The topological polar surface area (TPSA) is 51.0 Å². The summed E-state index contributed by atoms with van der Waals surface area (Å²) in [5, 5.41) is 5.01. The Hall–Kier alpha value is -1.59. The zero-order chi connectivity index (χ0) is 14.8. The maximum Gasteiger partial charge on any atom is 0.253 e. The predicted octanol–water partition coefficient (Wildman–Crippen LogP) is 3.06. The Morgan fingerprint density at radius 1 is 1.29 bits per heavy atom. The Morgan fingerprint density at radius 2 is 2.14 bits per heavy atom. The lowest BCUT2D eigenvalue weighted by Gasteiger charge is -2.32. The molecule has 5 nitrogen and oxygen atoms in total. The van der Waals surface area contributed by atoms with Gasteiger partial charge in [0.05, 0.1) is 16.1 Å². The van der Waals surface area contributed by atoms with Crippen LogP contribution >= 0.6 is 23.2 Å². The molecule has 0 spiro atoms. The molecule has 1 saturated heterocycles. The summed E-state index contributed by atoms with van der Waals surface area (Å²) >= 11 is 11.9. The summed E-state index contributed by atoms with van der Waals surface area (Å²) < 4.78 is 1.81. The van der Waals surface area contributed by atoms with E-state index in [4.69, 9.17) is 23.2 Å². The van der Waals surface area contributed by atoms with Crippen LogP contribution in [0.1, 0.15) is 29.2 Å². The Morgan fingerprint density at radius 3 is 2.86 bits per heavy atom. The van der Waals surface area contributed by atoms with Crippen LogP contribution in [0.4, 0.5) is 0 Å². The molecule has 0 aliphatic carbocycles. The molecule has 2 aromatic rings. The molecule has 21 heavy (non-hydrogen) atoms. The molecular formula is C14H14Cl2N4O. The molecular weight excluding hydrogens is 311 g/mol. The lowest BCUT2D eigenvalue weighted by Crippen LogP contribution is -2.40. The minimum absolute atomic E-state index is 0.0293. The van der Waals surface area contributed by atoms with Gasteiger partial charge in [-0.1, -0.05) is 23.2 Å². The van der Waals surface area contributed by atoms with Crippen LogP contribution in [0.25, 0.3) is 0 Å². The van der Waals surface area contributed by atoms with Gasteiger partial charge in [0.15, 0.2) is 0 Å². The first kappa shape index (κ1) is 14.4. The summed E-state index contributed by atoms with van der Waals surface area (Å²) in [7, 11) is 0. The van der Waals surface area contributed by atoms with Crippen molar-refractivity contribution in [3.63, 3.8) is 0 Å². The van der Waals surface area contributed by atoms with Crippen molar-refractivity contribution in [3.8, 4) is 0 Å². The molecule has 0 N–H and O–H groups in total. The first-order valence-corrected chi connectivity index (χ1v) is 7.49. The fourth-order valence-electron chi connectivity index (χ4n) is 2.57. The lowest BCUT2D eigenvalue weighted by molar-refractivity contribution is 0.0673. The Bertz CT molecular complexity index is 644. The Balaban J connectivity index is 1.76. The van der Waals surface area contributed by atoms with Gasteiger partial charge in [-0.2, -0.15) is 5.10 Å². The van der Waals surface area contributed by atoms with Crippen LogP contribution in [-0.2, 0) is 0 Å². The van der Waals surface area contributed by atoms with Crippen molar-refractivity contribution in [1.29, 1.82) is 0 Å². The van der Waals surface area contributed by atoms with Crippen LogP contribution in [0.2, 0.25) is 10.0 Å². The summed E-state index contributed by atoms with van der Waals surface area (Å²) in [5.41, 5.74) is 0.559. The van der Waals surface area contributed by atoms with E-state index in [9.17, 15) is 4.79 Å². The number of hydrogen-bond acceptors (Lipinski definition) is 3. The number of likely N-dealkylation sites (tertiary alicyclic amines) is 1. The molecule has 3 rings (SSSR count). The number of rotatable bonds is 2. The van der Waals surface area contributed by atoms with Gasteiger partial charge in [0, 0.05) is 18.7 Å². The van der Waals surface area contributed by atoms with E-state index in [2.05, 4.69) is 10.1 Å². The third-order valence-electron chi connectivity index (χ3n) is 3.66. The van der Waals surface area contributed by atoms with Gasteiger partial charge in [-0.15, -0.1) is 0 Å². The van der Waals surface area contributed by atoms with Crippen molar-refractivity contribution in [2.45, 2.75) is 18.9 Å². The average Bonchev–Trinajstić information content (AvgIpc) is 3.04. The Kier molecular flexibility index (Phi) is 4.12. The van der Waals surface area contributed by atoms with Crippen molar-refractivity contribution in [3.05, 3.63) is 46.5 Å². The van der Waals surface area contributed by atoms with Gasteiger partial charge < -0.3 is 4.90 Å². The monoisotopic (exact) mass is 324 g/mol. The molecule has 1 aliphatic rings. The van der Waals surface area contributed by atoms with Crippen molar-refractivity contribution in [2.75, 3.05) is 13.1 Å². The maximum absolute atomic E-state index is 12.6. The van der Waals surface area contributed by atoms with Gasteiger partial charge in [-0.3, -0.25) is 4.79 Å². The molecule has 7 heteroatoms. The predicted molar refractivity (Wildman–Crippen MR) is 80.7 cm³/mol. The molecule has 0 radical (unpaired) electrons. The number of halogens is 2. The largest absolute Gasteiger partial charge is 0.336 e. The molecule has 1 aromatic heterocycles. The van der Waals surface area contributed by atoms with Crippen LogP contribution in [-0.4, -0.2) is 38.7 Å². The van der Waals surface area contributed by atoms with E-state index in [1.165, 1.54) is 6.33 Å². The number of carbonyl (C=O) groups excluding carboxylic acids is 1. The van der Waals surface area contributed by atoms with E-state index in [0.29, 0.717) is 22.2 Å². The zero-order valence-corrected chi connectivity index (χ0v) is 12.8. The van der Waals surface area contributed by atoms with Gasteiger partial charge in [-0.25, -0.2) is 9.67 Å². The highest BCUT2D eigenvalue weighted by Gasteiger charge is 2.26. The summed E-state index contributed by atoms with van der Waals surface area (Å²) in [4.78, 5) is 18.3. The molecule has 1 aliphatic heterocycles. The molecule has 1 fully saturated rings. The van der Waals surface area contributed by atoms with Crippen LogP contribution in [0.15, 0.2) is 30.9 Å². The van der Waals surface area contributed by atoms with Gasteiger partial charge >= 0.3 is 0 Å². The number of amides is 1. The number of hydrogen-bond donors (Lipinski definition) is 0. The molecule has 1 amide bonds. The normalized spacial score (nSPS) is 18.8. The van der Waals surface area contributed by atoms with Crippen LogP contribution in [0.3, 0.4) is 0 Å². The summed E-state index contributed by atoms with van der Waals surface area (Å²) in [6.45, 7) is 1.37. The van der Waals surface area contributed by atoms with Crippen LogP contribution in [0, 0.1) is 0 Å². The molecule has 0 saturated carbocycles. The highest BCUT2D eigenvalue weighted by atomic mass is 35.5. The smallest absolute Gasteiger partial charge is 0.253 e. The van der Waals surface area contributed by atoms with Crippen LogP contribution in [0.5, 0.6) is 0 Å². The van der Waals surface area contributed by atoms with Crippen molar-refractivity contribution >= 4 is 29.1 Å². The first-order valence-electron chi connectivity index (χ1n) is 6.73. The number of aromatic nitrogens is 3. The molecule has 1 aromatic carbocycles. The summed E-state index contributed by atoms with van der Waals surface area (Å²) in [6, 6.07) is 5.14. The third kappa shape index (κ3) is 3.04. The molecule has 110 valence electrons. The van der Waals surface area contributed by atoms with Gasteiger partial charge in [-0.05, 0) is 31.0 Å². The summed E-state index contributed by atoms with van der Waals surface area (Å²) in [5.74, 6) is -0.0293. The number of piperidine rings is 1. The minimum atomic E-state index is -0.0293. The van der Waals surface area contributed by atoms with E-state index < -0.39 is 0 Å². The molecule has 2 heterocycles. The van der Waals surface area contributed by atoms with E-state index in [-0.39, 0.29) is 11.9 Å². The standard InChI is InChI=1S/C14H14Cl2N4O/c15-12-4-3-10(6-13(12)16)14(21)19-5-1-2-11(7-19)20-9-17-8-18-20/h3-4,6,8-9,11H,1-2,5,7H2/t11-/m1/s1. The second-order valence-corrected chi connectivity index (χ2v) is 5.87. The molecule has 0 bridgehead atoms. The number of carbonyl (C=O) groups is 1. The fourth-order valence-corrected chi connectivity index (χ4v) is 2.87. The second kappa shape index (κ2) is 6.03. The SMILES string of the molecule is O=C(c1ccc(Cl)c(Cl)c1)N1CCC[C@@H](n2cncn2)C1. The lowest BCUT2D eigenvalue weighted by atomic mass is 10.0. The third-order valence-corrected chi connectivity index (χ3v) is 4.40. The fraction of sp³-hybridized carbons (Fsp3) is 0.357. The number of nitrogens with zero attached hydrogens (tertiary/aromatic N) is 4. The van der Waals surface area contributed by atoms with Gasteiger partial charge in [0.1, 0.15) is 12.7 Å². The highest BCUT2D eigenvalue weighted by molar-refractivity contribution is 6.42. The van der Waals surface area contributed by atoms with Crippen molar-refractivity contribution in [1.82, 2.24) is 19.7 Å². The van der Waals surface area contributed by atoms with E-state index in [0.717, 1.165) is 19.4 Å².